The summed E-state index contributed by atoms with van der Waals surface area (Å²) in [7, 11) is 1.64. The second-order valence-corrected chi connectivity index (χ2v) is 8.16. The van der Waals surface area contributed by atoms with Crippen molar-refractivity contribution in [2.24, 2.45) is 0 Å². The number of amides is 1. The molecule has 0 bridgehead atoms. The molecule has 0 spiro atoms. The first-order valence-electron chi connectivity index (χ1n) is 10.2. The standard InChI is InChI=1S/C23H30N2O3S/c1-3-4-15-28-21-9-7-19(17-22(21)27-2)8-10-23(26)25-13-11-24(12-14-25)18-20-6-5-16-29-20/h5-10,16-17H,3-4,11-15,18H2,1-2H3/b10-8+. The number of benzene rings is 1. The van der Waals surface area contributed by atoms with E-state index in [1.165, 1.54) is 4.88 Å². The van der Waals surface area contributed by atoms with Crippen LogP contribution in [0, 0.1) is 0 Å². The van der Waals surface area contributed by atoms with E-state index in [9.17, 15) is 4.79 Å². The Morgan fingerprint density at radius 3 is 2.69 bits per heavy atom. The lowest BCUT2D eigenvalue weighted by atomic mass is 10.1. The second-order valence-electron chi connectivity index (χ2n) is 7.13. The average molecular weight is 415 g/mol. The quantitative estimate of drug-likeness (QED) is 0.453. The molecule has 0 atom stereocenters. The fraction of sp³-hybridized carbons (Fsp3) is 0.435. The summed E-state index contributed by atoms with van der Waals surface area (Å²) in [5.41, 5.74) is 0.925. The van der Waals surface area contributed by atoms with Crippen LogP contribution in [0.2, 0.25) is 0 Å². The van der Waals surface area contributed by atoms with Gasteiger partial charge in [0, 0.05) is 43.7 Å². The number of ether oxygens (including phenoxy) is 2. The smallest absolute Gasteiger partial charge is 0.246 e. The van der Waals surface area contributed by atoms with Gasteiger partial charge in [0.05, 0.1) is 13.7 Å². The molecule has 1 fully saturated rings. The van der Waals surface area contributed by atoms with Crippen molar-refractivity contribution in [1.82, 2.24) is 9.80 Å². The van der Waals surface area contributed by atoms with Crippen LogP contribution in [-0.4, -0.2) is 55.6 Å². The number of hydrogen-bond donors (Lipinski definition) is 0. The highest BCUT2D eigenvalue weighted by Gasteiger charge is 2.19. The SMILES string of the molecule is CCCCOc1ccc(/C=C/C(=O)N2CCN(Cc3cccs3)CC2)cc1OC. The number of rotatable bonds is 9. The molecular weight excluding hydrogens is 384 g/mol. The summed E-state index contributed by atoms with van der Waals surface area (Å²) in [6.45, 7) is 7.14. The molecule has 0 saturated carbocycles. The van der Waals surface area contributed by atoms with Crippen molar-refractivity contribution in [2.75, 3.05) is 39.9 Å². The lowest BCUT2D eigenvalue weighted by Gasteiger charge is -2.34. The van der Waals surface area contributed by atoms with Crippen molar-refractivity contribution in [1.29, 1.82) is 0 Å². The molecular formula is C23H30N2O3S. The van der Waals surface area contributed by atoms with E-state index in [1.54, 1.807) is 24.5 Å². The number of piperazine rings is 1. The molecule has 1 aliphatic rings. The maximum absolute atomic E-state index is 12.6. The molecule has 156 valence electrons. The molecule has 1 aromatic carbocycles. The maximum atomic E-state index is 12.6. The number of nitrogens with zero attached hydrogens (tertiary/aromatic N) is 2. The first-order valence-corrected chi connectivity index (χ1v) is 11.1. The van der Waals surface area contributed by atoms with Gasteiger partial charge in [-0.2, -0.15) is 0 Å². The molecule has 1 saturated heterocycles. The lowest BCUT2D eigenvalue weighted by Crippen LogP contribution is -2.47. The second kappa shape index (κ2) is 11.0. The van der Waals surface area contributed by atoms with Crippen molar-refractivity contribution in [3.05, 3.63) is 52.2 Å². The molecule has 0 radical (unpaired) electrons. The molecule has 2 heterocycles. The van der Waals surface area contributed by atoms with E-state index >= 15 is 0 Å². The Morgan fingerprint density at radius 2 is 2.00 bits per heavy atom. The third kappa shape index (κ3) is 6.34. The van der Waals surface area contributed by atoms with Crippen molar-refractivity contribution in [3.63, 3.8) is 0 Å². The Kier molecular flexibility index (Phi) is 8.14. The minimum atomic E-state index is 0.0583. The lowest BCUT2D eigenvalue weighted by molar-refractivity contribution is -0.127. The van der Waals surface area contributed by atoms with Crippen LogP contribution in [0.15, 0.2) is 41.8 Å². The number of unbranched alkanes of at least 4 members (excludes halogenated alkanes) is 1. The third-order valence-electron chi connectivity index (χ3n) is 5.01. The van der Waals surface area contributed by atoms with E-state index in [0.717, 1.165) is 56.9 Å². The Hall–Kier alpha value is -2.31. The molecule has 1 amide bonds. The van der Waals surface area contributed by atoms with Crippen molar-refractivity contribution >= 4 is 23.3 Å². The molecule has 6 heteroatoms. The zero-order chi connectivity index (χ0) is 20.5. The molecule has 1 aromatic heterocycles. The van der Waals surface area contributed by atoms with Crippen LogP contribution < -0.4 is 9.47 Å². The van der Waals surface area contributed by atoms with Crippen LogP contribution in [0.25, 0.3) is 6.08 Å². The van der Waals surface area contributed by atoms with Crippen LogP contribution in [0.5, 0.6) is 11.5 Å². The summed E-state index contributed by atoms with van der Waals surface area (Å²) in [5, 5.41) is 2.11. The molecule has 0 N–H and O–H groups in total. The largest absolute Gasteiger partial charge is 0.493 e. The molecule has 3 rings (SSSR count). The number of carbonyl (C=O) groups excluding carboxylic acids is 1. The van der Waals surface area contributed by atoms with Gasteiger partial charge in [-0.3, -0.25) is 9.69 Å². The van der Waals surface area contributed by atoms with Gasteiger partial charge >= 0.3 is 0 Å². The van der Waals surface area contributed by atoms with E-state index in [4.69, 9.17) is 9.47 Å². The van der Waals surface area contributed by atoms with Crippen LogP contribution in [0.3, 0.4) is 0 Å². The normalized spacial score (nSPS) is 15.0. The maximum Gasteiger partial charge on any atom is 0.246 e. The predicted octanol–water partition coefficient (Wildman–Crippen LogP) is 4.29. The topological polar surface area (TPSA) is 42.0 Å². The molecule has 0 unspecified atom stereocenters. The first kappa shape index (κ1) is 21.4. The van der Waals surface area contributed by atoms with E-state index in [2.05, 4.69) is 29.3 Å². The van der Waals surface area contributed by atoms with E-state index in [0.29, 0.717) is 12.4 Å². The monoisotopic (exact) mass is 414 g/mol. The van der Waals surface area contributed by atoms with Crippen LogP contribution in [0.4, 0.5) is 0 Å². The number of methoxy groups -OCH3 is 1. The van der Waals surface area contributed by atoms with E-state index in [1.807, 2.05) is 29.2 Å². The highest BCUT2D eigenvalue weighted by molar-refractivity contribution is 7.09. The van der Waals surface area contributed by atoms with Crippen LogP contribution >= 0.6 is 11.3 Å². The van der Waals surface area contributed by atoms with Gasteiger partial charge < -0.3 is 14.4 Å². The van der Waals surface area contributed by atoms with Crippen LogP contribution in [-0.2, 0) is 11.3 Å². The molecule has 5 nitrogen and oxygen atoms in total. The van der Waals surface area contributed by atoms with Crippen molar-refractivity contribution in [3.8, 4) is 11.5 Å². The van der Waals surface area contributed by atoms with Gasteiger partial charge in [0.2, 0.25) is 5.91 Å². The zero-order valence-corrected chi connectivity index (χ0v) is 18.1. The fourth-order valence-corrected chi connectivity index (χ4v) is 4.00. The molecule has 29 heavy (non-hydrogen) atoms. The number of thiophene rings is 1. The summed E-state index contributed by atoms with van der Waals surface area (Å²) >= 11 is 1.79. The summed E-state index contributed by atoms with van der Waals surface area (Å²) in [6.07, 6.45) is 5.60. The first-order chi connectivity index (χ1) is 14.2. The van der Waals surface area contributed by atoms with Crippen molar-refractivity contribution in [2.45, 2.75) is 26.3 Å². The summed E-state index contributed by atoms with van der Waals surface area (Å²) < 4.78 is 11.2. The molecule has 2 aromatic rings. The number of carbonyl (C=O) groups is 1. The molecule has 1 aliphatic heterocycles. The number of hydrogen-bond acceptors (Lipinski definition) is 5. The van der Waals surface area contributed by atoms with Gasteiger partial charge in [0.15, 0.2) is 11.5 Å². The molecule has 0 aliphatic carbocycles. The highest BCUT2D eigenvalue weighted by atomic mass is 32.1. The van der Waals surface area contributed by atoms with E-state index < -0.39 is 0 Å². The van der Waals surface area contributed by atoms with Gasteiger partial charge in [-0.25, -0.2) is 0 Å². The van der Waals surface area contributed by atoms with Crippen molar-refractivity contribution < 1.29 is 14.3 Å². The third-order valence-corrected chi connectivity index (χ3v) is 5.87. The highest BCUT2D eigenvalue weighted by Crippen LogP contribution is 2.28. The summed E-state index contributed by atoms with van der Waals surface area (Å²) in [6, 6.07) is 10.0. The van der Waals surface area contributed by atoms with Gasteiger partial charge in [-0.15, -0.1) is 11.3 Å². The minimum Gasteiger partial charge on any atom is -0.493 e. The Morgan fingerprint density at radius 1 is 1.17 bits per heavy atom. The summed E-state index contributed by atoms with van der Waals surface area (Å²) in [4.78, 5) is 18.3. The average Bonchev–Trinajstić information content (AvgIpc) is 3.26. The van der Waals surface area contributed by atoms with Gasteiger partial charge in [0.25, 0.3) is 0 Å². The zero-order valence-electron chi connectivity index (χ0n) is 17.3. The van der Waals surface area contributed by atoms with Crippen LogP contribution in [0.1, 0.15) is 30.2 Å². The Bertz CT molecular complexity index is 796. The Balaban J connectivity index is 1.51. The minimum absolute atomic E-state index is 0.0583. The van der Waals surface area contributed by atoms with Gasteiger partial charge in [0.1, 0.15) is 0 Å². The van der Waals surface area contributed by atoms with Gasteiger partial charge in [-0.1, -0.05) is 25.5 Å². The Labute approximate surface area is 177 Å². The summed E-state index contributed by atoms with van der Waals surface area (Å²) in [5.74, 6) is 1.49. The predicted molar refractivity (Wildman–Crippen MR) is 119 cm³/mol. The van der Waals surface area contributed by atoms with Gasteiger partial charge in [-0.05, 0) is 41.6 Å². The fourth-order valence-electron chi connectivity index (χ4n) is 3.26. The van der Waals surface area contributed by atoms with E-state index in [-0.39, 0.29) is 5.91 Å².